The van der Waals surface area contributed by atoms with Crippen molar-refractivity contribution in [3.63, 3.8) is 0 Å². The van der Waals surface area contributed by atoms with E-state index in [9.17, 15) is 14.4 Å². The molecular weight excluding hydrogens is 817 g/mol. The van der Waals surface area contributed by atoms with E-state index in [4.69, 9.17) is 14.2 Å². The second kappa shape index (κ2) is 55.0. The summed E-state index contributed by atoms with van der Waals surface area (Å²) < 4.78 is 16.9. The molecule has 0 bridgehead atoms. The van der Waals surface area contributed by atoms with Gasteiger partial charge in [-0.3, -0.25) is 14.4 Å². The minimum atomic E-state index is -0.779. The Kier molecular flexibility index (Phi) is 52.8. The van der Waals surface area contributed by atoms with Gasteiger partial charge in [-0.15, -0.1) is 0 Å². The Labute approximate surface area is 409 Å². The molecule has 0 fully saturated rings. The largest absolute Gasteiger partial charge is 0.462 e. The van der Waals surface area contributed by atoms with Crippen molar-refractivity contribution in [3.8, 4) is 0 Å². The van der Waals surface area contributed by atoms with Gasteiger partial charge in [0, 0.05) is 19.3 Å². The third kappa shape index (κ3) is 52.3. The summed E-state index contributed by atoms with van der Waals surface area (Å²) in [5, 5.41) is 0. The highest BCUT2D eigenvalue weighted by Crippen LogP contribution is 2.17. The van der Waals surface area contributed by atoms with E-state index < -0.39 is 6.10 Å². The highest BCUT2D eigenvalue weighted by Gasteiger charge is 2.19. The summed E-state index contributed by atoms with van der Waals surface area (Å²) in [4.78, 5) is 38.1. The third-order valence-corrected chi connectivity index (χ3v) is 12.7. The summed E-state index contributed by atoms with van der Waals surface area (Å²) >= 11 is 0. The van der Waals surface area contributed by atoms with E-state index in [0.717, 1.165) is 83.5 Å². The van der Waals surface area contributed by atoms with Gasteiger partial charge in [-0.05, 0) is 44.9 Å². The zero-order valence-corrected chi connectivity index (χ0v) is 44.0. The van der Waals surface area contributed by atoms with Gasteiger partial charge in [0.15, 0.2) is 6.10 Å². The number of unbranched alkanes of at least 4 members (excludes halogenated alkanes) is 36. The molecule has 0 saturated heterocycles. The summed E-state index contributed by atoms with van der Waals surface area (Å²) in [6.45, 7) is 6.62. The fourth-order valence-corrected chi connectivity index (χ4v) is 8.34. The molecule has 6 heteroatoms. The summed E-state index contributed by atoms with van der Waals surface area (Å²) in [5.41, 5.74) is 0. The van der Waals surface area contributed by atoms with E-state index in [1.54, 1.807) is 0 Å². The monoisotopic (exact) mass is 925 g/mol. The van der Waals surface area contributed by atoms with Crippen molar-refractivity contribution in [3.05, 3.63) is 48.6 Å². The molecule has 0 aliphatic rings. The zero-order valence-electron chi connectivity index (χ0n) is 44.0. The van der Waals surface area contributed by atoms with Crippen LogP contribution in [0.3, 0.4) is 0 Å². The van der Waals surface area contributed by atoms with Crippen molar-refractivity contribution in [1.82, 2.24) is 0 Å². The number of carbonyl (C=O) groups is 3. The average Bonchev–Trinajstić information content (AvgIpc) is 3.31. The molecule has 1 atom stereocenters. The second-order valence-electron chi connectivity index (χ2n) is 19.3. The molecule has 0 aromatic rings. The SMILES string of the molecule is CCCCC\C=C/C=C\C=C/C=C\CCCCCCCC(=O)OCC(COC(=O)CCCCCCCCCCCCCCC)OC(=O)CCCCCCCCCCCCCCCCCCC. The van der Waals surface area contributed by atoms with Crippen LogP contribution in [0.5, 0.6) is 0 Å². The first-order valence-electron chi connectivity index (χ1n) is 28.7. The molecule has 0 aliphatic heterocycles. The first-order valence-corrected chi connectivity index (χ1v) is 28.7. The lowest BCUT2D eigenvalue weighted by molar-refractivity contribution is -0.167. The number of rotatable bonds is 52. The first-order chi connectivity index (χ1) is 32.5. The lowest BCUT2D eigenvalue weighted by atomic mass is 10.0. The Morgan fingerprint density at radius 2 is 0.545 bits per heavy atom. The molecule has 66 heavy (non-hydrogen) atoms. The van der Waals surface area contributed by atoms with Crippen molar-refractivity contribution in [2.24, 2.45) is 0 Å². The topological polar surface area (TPSA) is 78.9 Å². The summed E-state index contributed by atoms with van der Waals surface area (Å²) in [5.74, 6) is -0.884. The number of ether oxygens (including phenoxy) is 3. The lowest BCUT2D eigenvalue weighted by Gasteiger charge is -2.18. The second-order valence-corrected chi connectivity index (χ2v) is 19.3. The van der Waals surface area contributed by atoms with Crippen LogP contribution in [0.4, 0.5) is 0 Å². The number of hydrogen-bond acceptors (Lipinski definition) is 6. The van der Waals surface area contributed by atoms with Gasteiger partial charge >= 0.3 is 17.9 Å². The molecule has 0 spiro atoms. The lowest BCUT2D eigenvalue weighted by Crippen LogP contribution is -2.30. The van der Waals surface area contributed by atoms with Crippen molar-refractivity contribution in [2.75, 3.05) is 13.2 Å². The van der Waals surface area contributed by atoms with Crippen molar-refractivity contribution < 1.29 is 28.6 Å². The van der Waals surface area contributed by atoms with Crippen molar-refractivity contribution in [1.29, 1.82) is 0 Å². The summed E-state index contributed by atoms with van der Waals surface area (Å²) in [6, 6.07) is 0. The predicted molar refractivity (Wildman–Crippen MR) is 284 cm³/mol. The Morgan fingerprint density at radius 3 is 0.879 bits per heavy atom. The van der Waals surface area contributed by atoms with E-state index in [0.29, 0.717) is 19.3 Å². The van der Waals surface area contributed by atoms with Crippen LogP contribution in [-0.4, -0.2) is 37.2 Å². The fraction of sp³-hybridized carbons (Fsp3) is 0.817. The number of esters is 3. The van der Waals surface area contributed by atoms with Crippen molar-refractivity contribution >= 4 is 17.9 Å². The summed E-state index contributed by atoms with van der Waals surface area (Å²) in [6.07, 6.45) is 66.6. The smallest absolute Gasteiger partial charge is 0.306 e. The van der Waals surface area contributed by atoms with E-state index in [1.165, 1.54) is 173 Å². The van der Waals surface area contributed by atoms with Crippen LogP contribution in [0.2, 0.25) is 0 Å². The first kappa shape index (κ1) is 63.4. The van der Waals surface area contributed by atoms with Gasteiger partial charge in [0.2, 0.25) is 0 Å². The molecule has 0 amide bonds. The Morgan fingerprint density at radius 1 is 0.303 bits per heavy atom. The van der Waals surface area contributed by atoms with Gasteiger partial charge in [0.05, 0.1) is 0 Å². The van der Waals surface area contributed by atoms with Crippen LogP contribution < -0.4 is 0 Å². The van der Waals surface area contributed by atoms with E-state index >= 15 is 0 Å². The fourth-order valence-electron chi connectivity index (χ4n) is 8.34. The van der Waals surface area contributed by atoms with Gasteiger partial charge < -0.3 is 14.2 Å². The number of carbonyl (C=O) groups excluding carboxylic acids is 3. The molecule has 0 aromatic heterocycles. The quantitative estimate of drug-likeness (QED) is 0.0262. The molecule has 0 rings (SSSR count). The number of allylic oxidation sites excluding steroid dienone is 8. The van der Waals surface area contributed by atoms with Crippen molar-refractivity contribution in [2.45, 2.75) is 303 Å². The molecule has 0 saturated carbocycles. The predicted octanol–water partition coefficient (Wildman–Crippen LogP) is 19.0. The molecule has 0 aliphatic carbocycles. The highest BCUT2D eigenvalue weighted by atomic mass is 16.6. The standard InChI is InChI=1S/C60H108O6/c1-4-7-10-13-16-19-22-25-27-29-31-32-35-38-41-44-47-50-53-59(62)65-56-57(55-64-58(61)52-49-46-43-40-37-34-24-21-18-15-12-9-6-3)66-60(63)54-51-48-45-42-39-36-33-30-28-26-23-20-17-14-11-8-5-2/h16,19,22,25,27,29,31-32,57H,4-15,17-18,20-21,23-24,26,28,30,33-56H2,1-3H3/b19-16-,25-22-,29-27-,32-31-. The van der Waals surface area contributed by atoms with Crippen LogP contribution in [-0.2, 0) is 28.6 Å². The van der Waals surface area contributed by atoms with Crippen LogP contribution >= 0.6 is 0 Å². The van der Waals surface area contributed by atoms with E-state index in [-0.39, 0.29) is 31.1 Å². The summed E-state index contributed by atoms with van der Waals surface area (Å²) in [7, 11) is 0. The average molecular weight is 926 g/mol. The Hall–Kier alpha value is -2.63. The molecule has 6 nitrogen and oxygen atoms in total. The molecule has 384 valence electrons. The third-order valence-electron chi connectivity index (χ3n) is 12.7. The minimum absolute atomic E-state index is 0.0766. The molecule has 0 N–H and O–H groups in total. The van der Waals surface area contributed by atoms with Gasteiger partial charge in [0.1, 0.15) is 13.2 Å². The maximum absolute atomic E-state index is 12.8. The molecule has 0 aromatic carbocycles. The van der Waals surface area contributed by atoms with Gasteiger partial charge in [0.25, 0.3) is 0 Å². The zero-order chi connectivity index (χ0) is 47.9. The van der Waals surface area contributed by atoms with Gasteiger partial charge in [-0.1, -0.05) is 281 Å². The molecular formula is C60H108O6. The van der Waals surface area contributed by atoms with E-state index in [1.807, 2.05) is 0 Å². The number of hydrogen-bond donors (Lipinski definition) is 0. The maximum atomic E-state index is 12.8. The van der Waals surface area contributed by atoms with Crippen LogP contribution in [0.25, 0.3) is 0 Å². The van der Waals surface area contributed by atoms with Crippen LogP contribution in [0.15, 0.2) is 48.6 Å². The molecule has 0 heterocycles. The van der Waals surface area contributed by atoms with E-state index in [2.05, 4.69) is 69.4 Å². The minimum Gasteiger partial charge on any atom is -0.462 e. The Balaban J connectivity index is 4.38. The molecule has 0 radical (unpaired) electrons. The van der Waals surface area contributed by atoms with Gasteiger partial charge in [-0.25, -0.2) is 0 Å². The normalized spacial score (nSPS) is 12.3. The van der Waals surface area contributed by atoms with Crippen LogP contribution in [0, 0.1) is 0 Å². The highest BCUT2D eigenvalue weighted by molar-refractivity contribution is 5.71. The Bertz CT molecular complexity index is 1150. The van der Waals surface area contributed by atoms with Gasteiger partial charge in [-0.2, -0.15) is 0 Å². The maximum Gasteiger partial charge on any atom is 0.306 e. The molecule has 1 unspecified atom stereocenters. The van der Waals surface area contributed by atoms with Crippen LogP contribution in [0.1, 0.15) is 297 Å².